The average Bonchev–Trinajstić information content (AvgIpc) is 2.72. The number of amides is 1. The molecular weight excluding hydrogens is 426 g/mol. The molecule has 2 fully saturated rings. The van der Waals surface area contributed by atoms with E-state index in [1.165, 1.54) is 0 Å². The fraction of sp³-hybridized carbons (Fsp3) is 0.667. The van der Waals surface area contributed by atoms with E-state index in [0.717, 1.165) is 58.7 Å². The third-order valence-electron chi connectivity index (χ3n) is 6.09. The van der Waals surface area contributed by atoms with Gasteiger partial charge in [0.2, 0.25) is 0 Å². The van der Waals surface area contributed by atoms with Crippen molar-refractivity contribution < 1.29 is 35.9 Å². The molecule has 0 aromatic heterocycles. The minimum atomic E-state index is -5.15. The number of nitrogens with zero attached hydrogens (tertiary/aromatic N) is 1. The molecule has 0 radical (unpaired) electrons. The summed E-state index contributed by atoms with van der Waals surface area (Å²) in [6, 6.07) is 0.0494. The SMILES string of the molecule is COc1cc(C(F)(F)F)cc(C(F)(F)F)c1C(=O)NC1CCCCC1N1CCCCC1. The van der Waals surface area contributed by atoms with Crippen LogP contribution in [0.4, 0.5) is 26.3 Å². The van der Waals surface area contributed by atoms with E-state index in [1.807, 2.05) is 0 Å². The molecular formula is C21H26F6N2O2. The molecule has 1 amide bonds. The van der Waals surface area contributed by atoms with Gasteiger partial charge in [-0.25, -0.2) is 0 Å². The zero-order chi connectivity index (χ0) is 22.8. The van der Waals surface area contributed by atoms with Crippen molar-refractivity contribution in [2.75, 3.05) is 20.2 Å². The third-order valence-corrected chi connectivity index (χ3v) is 6.09. The summed E-state index contributed by atoms with van der Waals surface area (Å²) in [5.41, 5.74) is -4.08. The molecule has 0 spiro atoms. The lowest BCUT2D eigenvalue weighted by atomic mass is 9.87. The van der Waals surface area contributed by atoms with E-state index in [9.17, 15) is 31.1 Å². The normalized spacial score (nSPS) is 23.5. The summed E-state index contributed by atoms with van der Waals surface area (Å²) in [6.45, 7) is 1.74. The standard InChI is InChI=1S/C21H26F6N2O2/c1-31-17-12-13(20(22,23)24)11-14(21(25,26)27)18(17)19(30)28-15-7-3-4-8-16(15)29-9-5-2-6-10-29/h11-12,15-16H,2-10H2,1H3,(H,28,30). The van der Waals surface area contributed by atoms with Gasteiger partial charge in [-0.15, -0.1) is 0 Å². The molecule has 4 nitrogen and oxygen atoms in total. The second-order valence-electron chi connectivity index (χ2n) is 8.12. The van der Waals surface area contributed by atoms with Gasteiger partial charge >= 0.3 is 12.4 Å². The third kappa shape index (κ3) is 5.45. The molecule has 1 N–H and O–H groups in total. The maximum atomic E-state index is 13.6. The van der Waals surface area contributed by atoms with Crippen molar-refractivity contribution in [3.63, 3.8) is 0 Å². The molecule has 1 saturated carbocycles. The number of methoxy groups -OCH3 is 1. The molecule has 31 heavy (non-hydrogen) atoms. The number of benzene rings is 1. The Morgan fingerprint density at radius 3 is 2.19 bits per heavy atom. The Hall–Kier alpha value is -1.97. The second-order valence-corrected chi connectivity index (χ2v) is 8.12. The monoisotopic (exact) mass is 452 g/mol. The highest BCUT2D eigenvalue weighted by atomic mass is 19.4. The summed E-state index contributed by atoms with van der Waals surface area (Å²) in [5.74, 6) is -1.81. The molecule has 10 heteroatoms. The van der Waals surface area contributed by atoms with Crippen molar-refractivity contribution in [3.05, 3.63) is 28.8 Å². The summed E-state index contributed by atoms with van der Waals surface area (Å²) in [7, 11) is 0.948. The number of carbonyl (C=O) groups excluding carboxylic acids is 1. The van der Waals surface area contributed by atoms with Crippen LogP contribution < -0.4 is 10.1 Å². The van der Waals surface area contributed by atoms with Crippen LogP contribution in [0.2, 0.25) is 0 Å². The highest BCUT2D eigenvalue weighted by molar-refractivity contribution is 5.99. The fourth-order valence-corrected chi connectivity index (χ4v) is 4.61. The molecule has 1 aromatic carbocycles. The number of carbonyl (C=O) groups is 1. The zero-order valence-electron chi connectivity index (χ0n) is 17.2. The van der Waals surface area contributed by atoms with Crippen LogP contribution in [0, 0.1) is 0 Å². The number of rotatable bonds is 4. The fourth-order valence-electron chi connectivity index (χ4n) is 4.61. The summed E-state index contributed by atoms with van der Waals surface area (Å²) in [4.78, 5) is 15.2. The van der Waals surface area contributed by atoms with Crippen molar-refractivity contribution in [2.24, 2.45) is 0 Å². The van der Waals surface area contributed by atoms with Gasteiger partial charge in [0.15, 0.2) is 0 Å². The number of hydrogen-bond donors (Lipinski definition) is 1. The van der Waals surface area contributed by atoms with Gasteiger partial charge in [0.25, 0.3) is 5.91 Å². The molecule has 1 saturated heterocycles. The van der Waals surface area contributed by atoms with Crippen molar-refractivity contribution in [1.29, 1.82) is 0 Å². The molecule has 174 valence electrons. The van der Waals surface area contributed by atoms with Gasteiger partial charge in [-0.3, -0.25) is 9.69 Å². The predicted octanol–water partition coefficient (Wildman–Crippen LogP) is 5.26. The molecule has 2 atom stereocenters. The minimum absolute atomic E-state index is 0.00720. The van der Waals surface area contributed by atoms with Gasteiger partial charge in [0.05, 0.1) is 23.8 Å². The van der Waals surface area contributed by atoms with E-state index >= 15 is 0 Å². The van der Waals surface area contributed by atoms with E-state index in [4.69, 9.17) is 4.74 Å². The molecule has 2 unspecified atom stereocenters. The topological polar surface area (TPSA) is 41.6 Å². The molecule has 1 aliphatic heterocycles. The van der Waals surface area contributed by atoms with Crippen LogP contribution in [0.3, 0.4) is 0 Å². The Bertz CT molecular complexity index is 787. The van der Waals surface area contributed by atoms with Crippen molar-refractivity contribution in [2.45, 2.75) is 69.4 Å². The van der Waals surface area contributed by atoms with E-state index in [1.54, 1.807) is 0 Å². The number of nitrogens with one attached hydrogen (secondary N) is 1. The van der Waals surface area contributed by atoms with Crippen molar-refractivity contribution in [3.8, 4) is 5.75 Å². The highest BCUT2D eigenvalue weighted by Crippen LogP contribution is 2.41. The Labute approximate surface area is 176 Å². The van der Waals surface area contributed by atoms with E-state index in [0.29, 0.717) is 12.5 Å². The lowest BCUT2D eigenvalue weighted by molar-refractivity contribution is -0.143. The lowest BCUT2D eigenvalue weighted by Gasteiger charge is -2.42. The smallest absolute Gasteiger partial charge is 0.417 e. The Morgan fingerprint density at radius 2 is 1.61 bits per heavy atom. The predicted molar refractivity (Wildman–Crippen MR) is 102 cm³/mol. The molecule has 1 aromatic rings. The first-order valence-electron chi connectivity index (χ1n) is 10.4. The van der Waals surface area contributed by atoms with Crippen LogP contribution in [0.5, 0.6) is 5.75 Å². The summed E-state index contributed by atoms with van der Waals surface area (Å²) >= 11 is 0. The van der Waals surface area contributed by atoms with E-state index in [2.05, 4.69) is 10.2 Å². The highest BCUT2D eigenvalue weighted by Gasteiger charge is 2.42. The minimum Gasteiger partial charge on any atom is -0.496 e. The Kier molecular flexibility index (Phi) is 7.08. The van der Waals surface area contributed by atoms with Gasteiger partial charge in [0, 0.05) is 12.1 Å². The van der Waals surface area contributed by atoms with Crippen molar-refractivity contribution >= 4 is 5.91 Å². The maximum Gasteiger partial charge on any atom is 0.417 e. The van der Waals surface area contributed by atoms with Crippen LogP contribution in [-0.2, 0) is 12.4 Å². The number of likely N-dealkylation sites (tertiary alicyclic amines) is 1. The summed E-state index contributed by atoms with van der Waals surface area (Å²) < 4.78 is 85.0. The van der Waals surface area contributed by atoms with Gasteiger partial charge < -0.3 is 10.1 Å². The molecule has 0 bridgehead atoms. The number of hydrogen-bond acceptors (Lipinski definition) is 3. The lowest BCUT2D eigenvalue weighted by Crippen LogP contribution is -2.54. The summed E-state index contributed by atoms with van der Waals surface area (Å²) in [5, 5.41) is 2.69. The summed E-state index contributed by atoms with van der Waals surface area (Å²) in [6.07, 6.45) is -3.76. The number of alkyl halides is 6. The van der Waals surface area contributed by atoms with E-state index in [-0.39, 0.29) is 18.2 Å². The molecule has 1 aliphatic carbocycles. The first-order valence-corrected chi connectivity index (χ1v) is 10.4. The average molecular weight is 452 g/mol. The molecule has 1 heterocycles. The number of ether oxygens (including phenoxy) is 1. The molecule has 3 rings (SSSR count). The first-order chi connectivity index (χ1) is 14.5. The van der Waals surface area contributed by atoms with Gasteiger partial charge in [-0.2, -0.15) is 26.3 Å². The quantitative estimate of drug-likeness (QED) is 0.634. The van der Waals surface area contributed by atoms with Crippen molar-refractivity contribution in [1.82, 2.24) is 10.2 Å². The zero-order valence-corrected chi connectivity index (χ0v) is 17.2. The Morgan fingerprint density at radius 1 is 0.968 bits per heavy atom. The second kappa shape index (κ2) is 9.26. The first kappa shape index (κ1) is 23.7. The van der Waals surface area contributed by atoms with Crippen LogP contribution in [0.1, 0.15) is 66.4 Å². The largest absolute Gasteiger partial charge is 0.496 e. The number of piperidine rings is 1. The molecule has 2 aliphatic rings. The van der Waals surface area contributed by atoms with Gasteiger partial charge in [-0.05, 0) is 50.9 Å². The van der Waals surface area contributed by atoms with Gasteiger partial charge in [0.1, 0.15) is 5.75 Å². The van der Waals surface area contributed by atoms with Crippen LogP contribution in [0.15, 0.2) is 12.1 Å². The van der Waals surface area contributed by atoms with Crippen LogP contribution in [0.25, 0.3) is 0 Å². The maximum absolute atomic E-state index is 13.6. The Balaban J connectivity index is 1.94. The van der Waals surface area contributed by atoms with E-state index < -0.39 is 40.7 Å². The van der Waals surface area contributed by atoms with Gasteiger partial charge in [-0.1, -0.05) is 19.3 Å². The number of halogens is 6. The van der Waals surface area contributed by atoms with Crippen LogP contribution >= 0.6 is 0 Å². The van der Waals surface area contributed by atoms with Crippen LogP contribution in [-0.4, -0.2) is 43.1 Å².